The Balaban J connectivity index is 1.84. The number of nitrogens with zero attached hydrogens (tertiary/aromatic N) is 1. The van der Waals surface area contributed by atoms with Crippen LogP contribution in [0.5, 0.6) is 0 Å². The molecule has 21 heavy (non-hydrogen) atoms. The van der Waals surface area contributed by atoms with Crippen molar-refractivity contribution in [3.63, 3.8) is 0 Å². The first kappa shape index (κ1) is 15.8. The first-order valence-corrected chi connectivity index (χ1v) is 7.74. The van der Waals surface area contributed by atoms with Gasteiger partial charge in [-0.3, -0.25) is 9.59 Å². The highest BCUT2D eigenvalue weighted by Gasteiger charge is 2.21. The molecule has 1 fully saturated rings. The molecule has 0 spiro atoms. The Kier molecular flexibility index (Phi) is 5.56. The average molecular weight is 291 g/mol. The standard InChI is InChI=1S/C16H25N3O2/c1-12(2)10-19-8-4-5-13(11-19)9-18-16(21)14-6-3-7-17-15(14)20/h3,6-7,12-13H,4-5,8-11H2,1-2H3,(H,17,20)(H,18,21). The zero-order valence-electron chi connectivity index (χ0n) is 12.9. The lowest BCUT2D eigenvalue weighted by Crippen LogP contribution is -2.42. The second-order valence-electron chi connectivity index (χ2n) is 6.28. The molecular formula is C16H25N3O2. The minimum absolute atomic E-state index is 0.187. The van der Waals surface area contributed by atoms with E-state index in [1.807, 2.05) is 0 Å². The van der Waals surface area contributed by atoms with Gasteiger partial charge in [-0.15, -0.1) is 0 Å². The first-order chi connectivity index (χ1) is 10.1. The quantitative estimate of drug-likeness (QED) is 0.863. The third-order valence-corrected chi connectivity index (χ3v) is 3.84. The number of nitrogens with one attached hydrogen (secondary N) is 2. The summed E-state index contributed by atoms with van der Waals surface area (Å²) in [7, 11) is 0. The highest BCUT2D eigenvalue weighted by Crippen LogP contribution is 2.16. The highest BCUT2D eigenvalue weighted by molar-refractivity contribution is 5.93. The summed E-state index contributed by atoms with van der Waals surface area (Å²) in [6.45, 7) is 8.40. The molecule has 0 aliphatic carbocycles. The number of aromatic amines is 1. The van der Waals surface area contributed by atoms with Crippen molar-refractivity contribution in [2.75, 3.05) is 26.2 Å². The fourth-order valence-corrected chi connectivity index (χ4v) is 2.93. The van der Waals surface area contributed by atoms with Crippen LogP contribution in [0.3, 0.4) is 0 Å². The number of H-pyrrole nitrogens is 1. The van der Waals surface area contributed by atoms with E-state index in [0.717, 1.165) is 26.1 Å². The van der Waals surface area contributed by atoms with Gasteiger partial charge in [0.15, 0.2) is 0 Å². The Morgan fingerprint density at radius 2 is 2.33 bits per heavy atom. The largest absolute Gasteiger partial charge is 0.352 e. The summed E-state index contributed by atoms with van der Waals surface area (Å²) >= 11 is 0. The Hall–Kier alpha value is -1.62. The van der Waals surface area contributed by atoms with Crippen LogP contribution in [-0.4, -0.2) is 42.0 Å². The number of carbonyl (C=O) groups is 1. The lowest BCUT2D eigenvalue weighted by molar-refractivity contribution is 0.0927. The van der Waals surface area contributed by atoms with E-state index in [0.29, 0.717) is 18.4 Å². The van der Waals surface area contributed by atoms with Gasteiger partial charge in [-0.2, -0.15) is 0 Å². The van der Waals surface area contributed by atoms with Gasteiger partial charge < -0.3 is 15.2 Å². The van der Waals surface area contributed by atoms with E-state index in [9.17, 15) is 9.59 Å². The van der Waals surface area contributed by atoms with E-state index in [1.54, 1.807) is 12.1 Å². The van der Waals surface area contributed by atoms with Crippen LogP contribution >= 0.6 is 0 Å². The molecule has 1 unspecified atom stereocenters. The molecular weight excluding hydrogens is 266 g/mol. The molecule has 2 heterocycles. The number of hydrogen-bond acceptors (Lipinski definition) is 3. The van der Waals surface area contributed by atoms with Gasteiger partial charge in [-0.05, 0) is 43.4 Å². The fourth-order valence-electron chi connectivity index (χ4n) is 2.93. The second kappa shape index (κ2) is 7.41. The molecule has 1 aliphatic rings. The zero-order chi connectivity index (χ0) is 15.2. The number of rotatable bonds is 5. The topological polar surface area (TPSA) is 65.2 Å². The third-order valence-electron chi connectivity index (χ3n) is 3.84. The molecule has 116 valence electrons. The Morgan fingerprint density at radius 1 is 1.52 bits per heavy atom. The normalized spacial score (nSPS) is 19.7. The summed E-state index contributed by atoms with van der Waals surface area (Å²) < 4.78 is 0. The first-order valence-electron chi connectivity index (χ1n) is 7.74. The summed E-state index contributed by atoms with van der Waals surface area (Å²) in [5.74, 6) is 0.864. The molecule has 1 aliphatic heterocycles. The summed E-state index contributed by atoms with van der Waals surface area (Å²) in [5.41, 5.74) is -0.146. The Bertz CT molecular complexity index is 524. The molecule has 1 aromatic heterocycles. The summed E-state index contributed by atoms with van der Waals surface area (Å²) in [6, 6.07) is 3.22. The number of hydrogen-bond donors (Lipinski definition) is 2. The van der Waals surface area contributed by atoms with Crippen molar-refractivity contribution >= 4 is 5.91 Å². The smallest absolute Gasteiger partial charge is 0.260 e. The van der Waals surface area contributed by atoms with Crippen molar-refractivity contribution in [2.45, 2.75) is 26.7 Å². The zero-order valence-corrected chi connectivity index (χ0v) is 12.9. The molecule has 5 heteroatoms. The van der Waals surface area contributed by atoms with Crippen molar-refractivity contribution in [3.05, 3.63) is 34.2 Å². The van der Waals surface area contributed by atoms with Gasteiger partial charge >= 0.3 is 0 Å². The van der Waals surface area contributed by atoms with Gasteiger partial charge in [0, 0.05) is 25.8 Å². The van der Waals surface area contributed by atoms with Crippen LogP contribution in [0.1, 0.15) is 37.0 Å². The Morgan fingerprint density at radius 3 is 3.05 bits per heavy atom. The maximum Gasteiger partial charge on any atom is 0.260 e. The van der Waals surface area contributed by atoms with Crippen LogP contribution in [-0.2, 0) is 0 Å². The molecule has 0 radical (unpaired) electrons. The van der Waals surface area contributed by atoms with Crippen LogP contribution in [0, 0.1) is 11.8 Å². The van der Waals surface area contributed by atoms with E-state index >= 15 is 0 Å². The summed E-state index contributed by atoms with van der Waals surface area (Å²) in [5, 5.41) is 2.90. The van der Waals surface area contributed by atoms with E-state index in [1.165, 1.54) is 12.6 Å². The molecule has 1 saturated heterocycles. The molecule has 0 saturated carbocycles. The summed E-state index contributed by atoms with van der Waals surface area (Å²) in [4.78, 5) is 28.6. The molecule has 5 nitrogen and oxygen atoms in total. The number of piperidine rings is 1. The van der Waals surface area contributed by atoms with Gasteiger partial charge in [-0.25, -0.2) is 0 Å². The predicted molar refractivity (Wildman–Crippen MR) is 83.4 cm³/mol. The van der Waals surface area contributed by atoms with Gasteiger partial charge in [0.1, 0.15) is 5.56 Å². The highest BCUT2D eigenvalue weighted by atomic mass is 16.2. The van der Waals surface area contributed by atoms with Crippen LogP contribution in [0.25, 0.3) is 0 Å². The van der Waals surface area contributed by atoms with Crippen molar-refractivity contribution in [1.82, 2.24) is 15.2 Å². The van der Waals surface area contributed by atoms with E-state index < -0.39 is 0 Å². The molecule has 0 aromatic carbocycles. The van der Waals surface area contributed by atoms with Crippen molar-refractivity contribution in [2.24, 2.45) is 11.8 Å². The molecule has 2 N–H and O–H groups in total. The van der Waals surface area contributed by atoms with Crippen LogP contribution in [0.2, 0.25) is 0 Å². The van der Waals surface area contributed by atoms with Gasteiger partial charge in [0.25, 0.3) is 11.5 Å². The maximum absolute atomic E-state index is 12.0. The van der Waals surface area contributed by atoms with Gasteiger partial charge in [-0.1, -0.05) is 13.8 Å². The van der Waals surface area contributed by atoms with Crippen molar-refractivity contribution in [1.29, 1.82) is 0 Å². The van der Waals surface area contributed by atoms with Crippen molar-refractivity contribution in [3.8, 4) is 0 Å². The lowest BCUT2D eigenvalue weighted by Gasteiger charge is -2.33. The monoisotopic (exact) mass is 291 g/mol. The lowest BCUT2D eigenvalue weighted by atomic mass is 9.97. The number of aromatic nitrogens is 1. The fraction of sp³-hybridized carbons (Fsp3) is 0.625. The number of pyridine rings is 1. The van der Waals surface area contributed by atoms with Crippen LogP contribution in [0.15, 0.2) is 23.1 Å². The van der Waals surface area contributed by atoms with Gasteiger partial charge in [0.05, 0.1) is 0 Å². The number of amides is 1. The minimum atomic E-state index is -0.333. The average Bonchev–Trinajstić information content (AvgIpc) is 2.45. The number of carbonyl (C=O) groups excluding carboxylic acids is 1. The molecule has 2 rings (SSSR count). The number of likely N-dealkylation sites (tertiary alicyclic amines) is 1. The SMILES string of the molecule is CC(C)CN1CCCC(CNC(=O)c2ccc[nH]c2=O)C1. The van der Waals surface area contributed by atoms with Crippen LogP contribution < -0.4 is 10.9 Å². The second-order valence-corrected chi connectivity index (χ2v) is 6.28. The summed E-state index contributed by atoms with van der Waals surface area (Å²) in [6.07, 6.45) is 3.85. The molecule has 0 bridgehead atoms. The van der Waals surface area contributed by atoms with E-state index in [2.05, 4.69) is 29.0 Å². The predicted octanol–water partition coefficient (Wildman–Crippen LogP) is 1.47. The minimum Gasteiger partial charge on any atom is -0.352 e. The molecule has 1 atom stereocenters. The molecule has 1 aromatic rings. The maximum atomic E-state index is 12.0. The van der Waals surface area contributed by atoms with Crippen molar-refractivity contribution < 1.29 is 4.79 Å². The Labute approximate surface area is 125 Å². The van der Waals surface area contributed by atoms with Crippen LogP contribution in [0.4, 0.5) is 0 Å². The molecule has 1 amide bonds. The third kappa shape index (κ3) is 4.70. The van der Waals surface area contributed by atoms with E-state index in [4.69, 9.17) is 0 Å². The van der Waals surface area contributed by atoms with Gasteiger partial charge in [0.2, 0.25) is 0 Å². The van der Waals surface area contributed by atoms with E-state index in [-0.39, 0.29) is 17.0 Å².